The van der Waals surface area contributed by atoms with E-state index in [9.17, 15) is 4.79 Å². The zero-order chi connectivity index (χ0) is 21.2. The van der Waals surface area contributed by atoms with Crippen LogP contribution in [-0.4, -0.2) is 28.9 Å². The molecular formula is C28H34N2O. The van der Waals surface area contributed by atoms with Crippen LogP contribution in [0.2, 0.25) is 0 Å². The van der Waals surface area contributed by atoms with Crippen LogP contribution >= 0.6 is 0 Å². The number of benzene rings is 1. The highest BCUT2D eigenvalue weighted by molar-refractivity contribution is 5.85. The molecule has 1 saturated carbocycles. The van der Waals surface area contributed by atoms with Gasteiger partial charge in [-0.3, -0.25) is 9.78 Å². The van der Waals surface area contributed by atoms with E-state index in [-0.39, 0.29) is 0 Å². The molecule has 1 amide bonds. The number of aryl methyl sites for hydroxylation is 3. The van der Waals surface area contributed by atoms with Crippen molar-refractivity contribution in [2.45, 2.75) is 71.1 Å². The number of aromatic nitrogens is 1. The van der Waals surface area contributed by atoms with Crippen LogP contribution in [0.4, 0.5) is 0 Å². The second-order valence-electron chi connectivity index (χ2n) is 9.74. The van der Waals surface area contributed by atoms with Crippen molar-refractivity contribution in [1.82, 2.24) is 9.88 Å². The lowest BCUT2D eigenvalue weighted by molar-refractivity contribution is -0.132. The van der Waals surface area contributed by atoms with Gasteiger partial charge in [0.25, 0.3) is 0 Å². The highest BCUT2D eigenvalue weighted by atomic mass is 16.2. The average molecular weight is 415 g/mol. The molecule has 0 radical (unpaired) electrons. The lowest BCUT2D eigenvalue weighted by Crippen LogP contribution is -2.37. The Morgan fingerprint density at radius 2 is 1.77 bits per heavy atom. The largest absolute Gasteiger partial charge is 0.342 e. The Kier molecular flexibility index (Phi) is 5.93. The predicted octanol–water partition coefficient (Wildman–Crippen LogP) is 5.88. The molecule has 3 aliphatic rings. The van der Waals surface area contributed by atoms with Gasteiger partial charge in [0.1, 0.15) is 0 Å². The van der Waals surface area contributed by atoms with Gasteiger partial charge in [-0.2, -0.15) is 0 Å². The van der Waals surface area contributed by atoms with Crippen LogP contribution in [0.3, 0.4) is 0 Å². The summed E-state index contributed by atoms with van der Waals surface area (Å²) in [6.07, 6.45) is 13.2. The number of likely N-dealkylation sites (tertiary alicyclic amines) is 1. The number of hydrogen-bond donors (Lipinski definition) is 0. The topological polar surface area (TPSA) is 33.2 Å². The van der Waals surface area contributed by atoms with Gasteiger partial charge in [-0.15, -0.1) is 0 Å². The molecule has 1 saturated heterocycles. The normalized spacial score (nSPS) is 19.6. The van der Waals surface area contributed by atoms with Gasteiger partial charge in [0.15, 0.2) is 0 Å². The number of pyridine rings is 1. The number of piperidine rings is 1. The van der Waals surface area contributed by atoms with E-state index in [0.717, 1.165) is 45.2 Å². The third-order valence-corrected chi connectivity index (χ3v) is 7.58. The summed E-state index contributed by atoms with van der Waals surface area (Å²) in [5.41, 5.74) is 9.48. The van der Waals surface area contributed by atoms with Crippen molar-refractivity contribution in [2.75, 3.05) is 13.1 Å². The second kappa shape index (κ2) is 8.98. The molecule has 3 heteroatoms. The Labute approximate surface area is 186 Å². The number of fused-ring (bicyclic) bond motifs is 2. The Bertz CT molecular complexity index is 990. The molecule has 162 valence electrons. The number of carbonyl (C=O) groups excluding carboxylic acids is 1. The smallest absolute Gasteiger partial charge is 0.222 e. The van der Waals surface area contributed by atoms with E-state index in [1.807, 2.05) is 6.20 Å². The number of hydrogen-bond acceptors (Lipinski definition) is 2. The molecule has 0 bridgehead atoms. The Hall–Kier alpha value is -2.42. The van der Waals surface area contributed by atoms with Gasteiger partial charge in [-0.25, -0.2) is 0 Å². The van der Waals surface area contributed by atoms with Crippen molar-refractivity contribution in [3.8, 4) is 0 Å². The lowest BCUT2D eigenvalue weighted by atomic mass is 9.86. The van der Waals surface area contributed by atoms with E-state index in [0.29, 0.717) is 11.8 Å². The van der Waals surface area contributed by atoms with Gasteiger partial charge in [0.2, 0.25) is 5.91 Å². The predicted molar refractivity (Wildman–Crippen MR) is 126 cm³/mol. The molecule has 2 aromatic rings. The zero-order valence-corrected chi connectivity index (χ0v) is 18.8. The van der Waals surface area contributed by atoms with Crippen LogP contribution < -0.4 is 0 Å². The molecule has 2 fully saturated rings. The summed E-state index contributed by atoms with van der Waals surface area (Å²) in [5.74, 6) is 1.00. The third-order valence-electron chi connectivity index (χ3n) is 7.58. The highest BCUT2D eigenvalue weighted by Gasteiger charge is 2.27. The van der Waals surface area contributed by atoms with Crippen LogP contribution in [0.25, 0.3) is 5.57 Å². The first-order chi connectivity index (χ1) is 15.2. The quantitative estimate of drug-likeness (QED) is 0.614. The average Bonchev–Trinajstić information content (AvgIpc) is 2.96. The summed E-state index contributed by atoms with van der Waals surface area (Å²) in [6, 6.07) is 11.2. The Balaban J connectivity index is 1.40. The van der Waals surface area contributed by atoms with Gasteiger partial charge < -0.3 is 4.90 Å². The minimum Gasteiger partial charge on any atom is -0.342 e. The minimum absolute atomic E-state index is 0.381. The lowest BCUT2D eigenvalue weighted by Gasteiger charge is -2.32. The third kappa shape index (κ3) is 4.33. The van der Waals surface area contributed by atoms with E-state index in [1.54, 1.807) is 0 Å². The van der Waals surface area contributed by atoms with Crippen molar-refractivity contribution in [2.24, 2.45) is 5.92 Å². The van der Waals surface area contributed by atoms with Gasteiger partial charge in [-0.1, -0.05) is 54.7 Å². The maximum atomic E-state index is 12.9. The summed E-state index contributed by atoms with van der Waals surface area (Å²) in [5, 5.41) is 0. The van der Waals surface area contributed by atoms with E-state index in [1.165, 1.54) is 71.2 Å². The summed E-state index contributed by atoms with van der Waals surface area (Å²) in [7, 11) is 0. The van der Waals surface area contributed by atoms with Gasteiger partial charge in [0.05, 0.1) is 5.69 Å². The van der Waals surface area contributed by atoms with E-state index >= 15 is 0 Å². The van der Waals surface area contributed by atoms with E-state index in [4.69, 9.17) is 4.98 Å². The molecule has 5 rings (SSSR count). The maximum absolute atomic E-state index is 12.9. The van der Waals surface area contributed by atoms with Crippen molar-refractivity contribution in [3.63, 3.8) is 0 Å². The molecular weight excluding hydrogens is 380 g/mol. The Morgan fingerprint density at radius 1 is 1.00 bits per heavy atom. The fourth-order valence-corrected chi connectivity index (χ4v) is 5.84. The molecule has 1 aromatic heterocycles. The van der Waals surface area contributed by atoms with E-state index in [2.05, 4.69) is 42.2 Å². The van der Waals surface area contributed by atoms with Crippen LogP contribution in [0, 0.1) is 12.8 Å². The molecule has 1 aliphatic heterocycles. The van der Waals surface area contributed by atoms with Crippen LogP contribution in [-0.2, 0) is 17.6 Å². The SMILES string of the molecule is Cc1ccc2c(c1)CCc1cccnc1C2=C1CCN(C(=O)CC2CCCCC2)CC1. The molecule has 3 nitrogen and oxygen atoms in total. The zero-order valence-electron chi connectivity index (χ0n) is 18.8. The molecule has 31 heavy (non-hydrogen) atoms. The van der Waals surface area contributed by atoms with Crippen molar-refractivity contribution in [3.05, 3.63) is 70.0 Å². The van der Waals surface area contributed by atoms with Crippen molar-refractivity contribution < 1.29 is 4.79 Å². The van der Waals surface area contributed by atoms with E-state index < -0.39 is 0 Å². The van der Waals surface area contributed by atoms with Crippen LogP contribution in [0.5, 0.6) is 0 Å². The second-order valence-corrected chi connectivity index (χ2v) is 9.74. The molecule has 1 aromatic carbocycles. The monoisotopic (exact) mass is 414 g/mol. The number of carbonyl (C=O) groups is 1. The Morgan fingerprint density at radius 3 is 2.58 bits per heavy atom. The van der Waals surface area contributed by atoms with Gasteiger partial charge >= 0.3 is 0 Å². The molecule has 0 atom stereocenters. The standard InChI is InChI=1S/C28H34N2O/c1-20-9-12-25-24(18-20)11-10-23-8-5-15-29-28(23)27(25)22-13-16-30(17-14-22)26(31)19-21-6-3-2-4-7-21/h5,8-9,12,15,18,21H,2-4,6-7,10-11,13-14,16-17,19H2,1H3. The summed E-state index contributed by atoms with van der Waals surface area (Å²) < 4.78 is 0. The summed E-state index contributed by atoms with van der Waals surface area (Å²) in [4.78, 5) is 19.9. The van der Waals surface area contributed by atoms with Gasteiger partial charge in [0, 0.05) is 31.3 Å². The van der Waals surface area contributed by atoms with Crippen LogP contribution in [0.1, 0.15) is 79.3 Å². The first kappa shape index (κ1) is 20.5. The number of nitrogens with zero attached hydrogens (tertiary/aromatic N) is 2. The van der Waals surface area contributed by atoms with Crippen molar-refractivity contribution in [1.29, 1.82) is 0 Å². The molecule has 0 unspecified atom stereocenters. The summed E-state index contributed by atoms with van der Waals surface area (Å²) in [6.45, 7) is 3.89. The molecule has 0 N–H and O–H groups in total. The fourth-order valence-electron chi connectivity index (χ4n) is 5.84. The molecule has 2 aliphatic carbocycles. The first-order valence-electron chi connectivity index (χ1n) is 12.2. The first-order valence-corrected chi connectivity index (χ1v) is 12.2. The highest BCUT2D eigenvalue weighted by Crippen LogP contribution is 2.38. The minimum atomic E-state index is 0.381. The maximum Gasteiger partial charge on any atom is 0.222 e. The van der Waals surface area contributed by atoms with Gasteiger partial charge in [-0.05, 0) is 74.1 Å². The molecule has 0 spiro atoms. The fraction of sp³-hybridized carbons (Fsp3) is 0.500. The summed E-state index contributed by atoms with van der Waals surface area (Å²) >= 11 is 0. The molecule has 2 heterocycles. The van der Waals surface area contributed by atoms with Crippen molar-refractivity contribution >= 4 is 11.5 Å². The number of amides is 1. The number of rotatable bonds is 2. The van der Waals surface area contributed by atoms with Crippen LogP contribution in [0.15, 0.2) is 42.1 Å².